The number of nitrogens with zero attached hydrogens (tertiary/aromatic N) is 3. The lowest BCUT2D eigenvalue weighted by Crippen LogP contribution is -2.32. The van der Waals surface area contributed by atoms with E-state index in [0.717, 1.165) is 11.3 Å². The number of fused-ring (bicyclic) bond motifs is 1. The van der Waals surface area contributed by atoms with E-state index in [9.17, 15) is 0 Å². The lowest BCUT2D eigenvalue weighted by atomic mass is 10.0. The zero-order valence-electron chi connectivity index (χ0n) is 13.8. The van der Waals surface area contributed by atoms with E-state index in [1.807, 2.05) is 6.20 Å². The van der Waals surface area contributed by atoms with E-state index in [1.165, 1.54) is 27.7 Å². The van der Waals surface area contributed by atoms with Crippen LogP contribution in [0.1, 0.15) is 5.56 Å². The lowest BCUT2D eigenvalue weighted by Gasteiger charge is -2.08. The van der Waals surface area contributed by atoms with Crippen molar-refractivity contribution in [1.29, 1.82) is 0 Å². The van der Waals surface area contributed by atoms with Gasteiger partial charge in [-0.2, -0.15) is 4.57 Å². The van der Waals surface area contributed by atoms with E-state index in [2.05, 4.69) is 83.1 Å². The van der Waals surface area contributed by atoms with Crippen LogP contribution in [0.5, 0.6) is 0 Å². The van der Waals surface area contributed by atoms with Gasteiger partial charge in [0, 0.05) is 35.7 Å². The van der Waals surface area contributed by atoms with E-state index in [4.69, 9.17) is 0 Å². The molecular formula is C21H18N3+. The van der Waals surface area contributed by atoms with Gasteiger partial charge in [0.25, 0.3) is 0 Å². The Bertz CT molecular complexity index is 1020. The highest BCUT2D eigenvalue weighted by molar-refractivity contribution is 5.92. The van der Waals surface area contributed by atoms with Gasteiger partial charge in [-0.1, -0.05) is 30.3 Å². The third-order valence-corrected chi connectivity index (χ3v) is 4.47. The summed E-state index contributed by atoms with van der Waals surface area (Å²) in [7, 11) is 2.12. The smallest absolute Gasteiger partial charge is 0.213 e. The van der Waals surface area contributed by atoms with Gasteiger partial charge in [-0.15, -0.1) is 0 Å². The third kappa shape index (κ3) is 2.35. The Morgan fingerprint density at radius 3 is 2.46 bits per heavy atom. The van der Waals surface area contributed by atoms with Crippen molar-refractivity contribution < 1.29 is 4.57 Å². The van der Waals surface area contributed by atoms with Crippen molar-refractivity contribution >= 4 is 10.9 Å². The molecule has 0 aliphatic rings. The van der Waals surface area contributed by atoms with Crippen molar-refractivity contribution in [3.05, 3.63) is 78.8 Å². The fourth-order valence-electron chi connectivity index (χ4n) is 3.22. The summed E-state index contributed by atoms with van der Waals surface area (Å²) in [6, 6.07) is 19.2. The van der Waals surface area contributed by atoms with Crippen LogP contribution in [0.15, 0.2) is 73.2 Å². The summed E-state index contributed by atoms with van der Waals surface area (Å²) in [5.41, 5.74) is 6.92. The number of aromatic nitrogens is 3. The molecule has 4 aromatic rings. The number of rotatable bonds is 2. The molecular weight excluding hydrogens is 294 g/mol. The average Bonchev–Trinajstić information content (AvgIpc) is 2.63. The van der Waals surface area contributed by atoms with Crippen LogP contribution in [0.2, 0.25) is 0 Å². The maximum atomic E-state index is 4.45. The summed E-state index contributed by atoms with van der Waals surface area (Å²) < 4.78 is 2.25. The maximum Gasteiger partial charge on any atom is 0.213 e. The molecule has 0 unspecified atom stereocenters. The summed E-state index contributed by atoms with van der Waals surface area (Å²) >= 11 is 0. The van der Waals surface area contributed by atoms with Crippen LogP contribution in [-0.4, -0.2) is 9.97 Å². The second kappa shape index (κ2) is 5.85. The molecule has 3 nitrogen and oxygen atoms in total. The second-order valence-corrected chi connectivity index (χ2v) is 5.92. The standard InChI is InChI=1S/C21H18N3/c1-15-6-3-4-7-16(15)21-11-10-18-17(19-14-22-12-13-23-19)8-5-9-20(18)24(21)2/h3-14H,1-2H3/q+1. The summed E-state index contributed by atoms with van der Waals surface area (Å²) in [5, 5.41) is 1.18. The number of hydrogen-bond acceptors (Lipinski definition) is 2. The van der Waals surface area contributed by atoms with Gasteiger partial charge in [0.2, 0.25) is 11.2 Å². The summed E-state index contributed by atoms with van der Waals surface area (Å²) in [4.78, 5) is 8.65. The molecule has 4 rings (SSSR count). The molecule has 0 spiro atoms. The lowest BCUT2D eigenvalue weighted by molar-refractivity contribution is -0.633. The summed E-state index contributed by atoms with van der Waals surface area (Å²) in [6.07, 6.45) is 5.24. The quantitative estimate of drug-likeness (QED) is 0.522. The SMILES string of the molecule is Cc1ccccc1-c1ccc2c(-c3cnccn3)cccc2[n+]1C. The molecule has 116 valence electrons. The molecule has 2 aromatic carbocycles. The van der Waals surface area contributed by atoms with Gasteiger partial charge in [-0.05, 0) is 24.6 Å². The average molecular weight is 312 g/mol. The Morgan fingerprint density at radius 1 is 0.833 bits per heavy atom. The highest BCUT2D eigenvalue weighted by Crippen LogP contribution is 2.28. The van der Waals surface area contributed by atoms with E-state index < -0.39 is 0 Å². The van der Waals surface area contributed by atoms with Gasteiger partial charge < -0.3 is 0 Å². The van der Waals surface area contributed by atoms with Gasteiger partial charge in [-0.3, -0.25) is 9.97 Å². The Kier molecular flexibility index (Phi) is 3.54. The molecule has 2 aromatic heterocycles. The minimum atomic E-state index is 0.895. The molecule has 0 fully saturated rings. The topological polar surface area (TPSA) is 29.7 Å². The molecule has 0 saturated heterocycles. The summed E-state index contributed by atoms with van der Waals surface area (Å²) in [6.45, 7) is 2.15. The van der Waals surface area contributed by atoms with Crippen molar-refractivity contribution in [3.8, 4) is 22.5 Å². The predicted octanol–water partition coefficient (Wildman–Crippen LogP) is 4.10. The fraction of sp³-hybridized carbons (Fsp3) is 0.0952. The van der Waals surface area contributed by atoms with Crippen molar-refractivity contribution in [2.75, 3.05) is 0 Å². The van der Waals surface area contributed by atoms with Crippen LogP contribution >= 0.6 is 0 Å². The number of hydrogen-bond donors (Lipinski definition) is 0. The highest BCUT2D eigenvalue weighted by atomic mass is 14.9. The molecule has 0 saturated carbocycles. The number of aryl methyl sites for hydroxylation is 2. The first-order valence-electron chi connectivity index (χ1n) is 8.00. The van der Waals surface area contributed by atoms with Crippen LogP contribution in [0, 0.1) is 6.92 Å². The molecule has 0 aliphatic heterocycles. The Morgan fingerprint density at radius 2 is 1.67 bits per heavy atom. The van der Waals surface area contributed by atoms with Crippen LogP contribution in [0.25, 0.3) is 33.4 Å². The van der Waals surface area contributed by atoms with Gasteiger partial charge in [0.05, 0.1) is 17.3 Å². The second-order valence-electron chi connectivity index (χ2n) is 5.92. The van der Waals surface area contributed by atoms with E-state index in [1.54, 1.807) is 12.4 Å². The first kappa shape index (κ1) is 14.5. The minimum absolute atomic E-state index is 0.895. The summed E-state index contributed by atoms with van der Waals surface area (Å²) in [5.74, 6) is 0. The third-order valence-electron chi connectivity index (χ3n) is 4.47. The zero-order chi connectivity index (χ0) is 16.5. The Labute approximate surface area is 141 Å². The van der Waals surface area contributed by atoms with Gasteiger partial charge in [0.1, 0.15) is 7.05 Å². The predicted molar refractivity (Wildman–Crippen MR) is 96.3 cm³/mol. The molecule has 2 heterocycles. The van der Waals surface area contributed by atoms with E-state index in [-0.39, 0.29) is 0 Å². The molecule has 0 N–H and O–H groups in total. The fourth-order valence-corrected chi connectivity index (χ4v) is 3.22. The largest absolute Gasteiger partial charge is 0.261 e. The highest BCUT2D eigenvalue weighted by Gasteiger charge is 2.17. The Hall–Kier alpha value is -3.07. The van der Waals surface area contributed by atoms with Gasteiger partial charge >= 0.3 is 0 Å². The molecule has 0 amide bonds. The molecule has 0 atom stereocenters. The van der Waals surface area contributed by atoms with Crippen LogP contribution in [-0.2, 0) is 7.05 Å². The van der Waals surface area contributed by atoms with Crippen LogP contribution in [0.3, 0.4) is 0 Å². The van der Waals surface area contributed by atoms with Crippen molar-refractivity contribution in [2.45, 2.75) is 6.92 Å². The van der Waals surface area contributed by atoms with Crippen molar-refractivity contribution in [2.24, 2.45) is 7.05 Å². The number of pyridine rings is 1. The van der Waals surface area contributed by atoms with Crippen LogP contribution in [0.4, 0.5) is 0 Å². The molecule has 0 bridgehead atoms. The maximum absolute atomic E-state index is 4.45. The van der Waals surface area contributed by atoms with Gasteiger partial charge in [-0.25, -0.2) is 0 Å². The normalized spacial score (nSPS) is 10.9. The molecule has 3 heteroatoms. The van der Waals surface area contributed by atoms with E-state index in [0.29, 0.717) is 0 Å². The Balaban J connectivity index is 1.97. The number of benzene rings is 2. The van der Waals surface area contributed by atoms with Gasteiger partial charge in [0.15, 0.2) is 0 Å². The first-order valence-corrected chi connectivity index (χ1v) is 8.00. The first-order chi connectivity index (χ1) is 11.8. The minimum Gasteiger partial charge on any atom is -0.261 e. The van der Waals surface area contributed by atoms with Crippen molar-refractivity contribution in [1.82, 2.24) is 9.97 Å². The van der Waals surface area contributed by atoms with Crippen molar-refractivity contribution in [3.63, 3.8) is 0 Å². The van der Waals surface area contributed by atoms with Crippen LogP contribution < -0.4 is 4.57 Å². The monoisotopic (exact) mass is 312 g/mol. The molecule has 0 radical (unpaired) electrons. The zero-order valence-corrected chi connectivity index (χ0v) is 13.8. The molecule has 0 aliphatic carbocycles. The van der Waals surface area contributed by atoms with E-state index >= 15 is 0 Å². The molecule has 24 heavy (non-hydrogen) atoms.